The minimum absolute atomic E-state index is 0. The number of hydrogen-bond donors (Lipinski definition) is 2. The number of nitrogens with one attached hydrogen (secondary N) is 2. The zero-order valence-corrected chi connectivity index (χ0v) is 32.5. The molecule has 8 bridgehead atoms. The summed E-state index contributed by atoms with van der Waals surface area (Å²) in [6.07, 6.45) is 25.1. The summed E-state index contributed by atoms with van der Waals surface area (Å²) in [6.45, 7) is 0. The van der Waals surface area contributed by atoms with Crippen molar-refractivity contribution in [1.82, 2.24) is 19.9 Å². The number of rotatable bonds is 4. The molecule has 2 aliphatic rings. The molecule has 10 heteroatoms. The van der Waals surface area contributed by atoms with Gasteiger partial charge < -0.3 is 22.4 Å². The summed E-state index contributed by atoms with van der Waals surface area (Å²) in [4.78, 5) is 18.4. The molecule has 0 unspecified atom stereocenters. The van der Waals surface area contributed by atoms with Gasteiger partial charge in [0.25, 0.3) is 0 Å². The zero-order valence-electron chi connectivity index (χ0n) is 30.2. The van der Waals surface area contributed by atoms with E-state index in [4.69, 9.17) is 9.97 Å². The maximum Gasteiger partial charge on any atom is 2.00 e. The first-order valence-corrected chi connectivity index (χ1v) is 17.4. The van der Waals surface area contributed by atoms with Crippen LogP contribution in [0.1, 0.15) is 22.8 Å². The molecule has 9 rings (SSSR count). The van der Waals surface area contributed by atoms with E-state index in [-0.39, 0.29) is 32.8 Å². The third-order valence-electron chi connectivity index (χ3n) is 9.82. The molecule has 2 aliphatic heterocycles. The van der Waals surface area contributed by atoms with Gasteiger partial charge in [-0.05, 0) is 70.8 Å². The van der Waals surface area contributed by atoms with E-state index < -0.39 is 0 Å². The molecule has 0 aromatic carbocycles. The number of aryl methyl sites for hydroxylation is 4. The van der Waals surface area contributed by atoms with E-state index in [1.165, 1.54) is 0 Å². The van der Waals surface area contributed by atoms with E-state index in [0.29, 0.717) is 0 Å². The summed E-state index contributed by atoms with van der Waals surface area (Å²) in [5.74, 6) is 0. The summed E-state index contributed by atoms with van der Waals surface area (Å²) in [5, 5.41) is 0. The molecular weight excluding hydrogens is 782 g/mol. The fraction of sp³-hybridized carbons (Fsp3) is 0.0909. The summed E-state index contributed by atoms with van der Waals surface area (Å²) >= 11 is 0. The van der Waals surface area contributed by atoms with Crippen LogP contribution < -0.4 is 30.7 Å². The van der Waals surface area contributed by atoms with Crippen LogP contribution in [-0.2, 0) is 48.6 Å². The quantitative estimate of drug-likeness (QED) is 0.211. The molecule has 0 amide bonds. The SMILES string of the molecule is C[n+]1ccc(-c2c3nc(c(-c4cc[n+](C)cc4)c4ccc([nH]4)c(-c4cc[n+](C)cc4)c4ccc([nH]4)c(-c4cc[n+](C)cc4)c4nc2C=C4)C=C3)cc1.[Cl-].[Pd+2]. The van der Waals surface area contributed by atoms with Crippen molar-refractivity contribution in [1.29, 1.82) is 0 Å². The van der Waals surface area contributed by atoms with Crippen LogP contribution in [0, 0.1) is 0 Å². The van der Waals surface area contributed by atoms with Crippen LogP contribution in [-0.4, -0.2) is 19.9 Å². The van der Waals surface area contributed by atoms with Crippen LogP contribution in [0.25, 0.3) is 90.9 Å². The molecule has 0 saturated carbocycles. The first-order chi connectivity index (χ1) is 25.4. The Kier molecular flexibility index (Phi) is 10.1. The Morgan fingerprint density at radius 2 is 0.593 bits per heavy atom. The number of halogens is 1. The molecule has 7 aromatic rings. The molecule has 9 heterocycles. The Balaban J connectivity index is 0.00000225. The average molecular weight is 821 g/mol. The monoisotopic (exact) mass is 819 g/mol. The van der Waals surface area contributed by atoms with Crippen LogP contribution in [0.5, 0.6) is 0 Å². The predicted octanol–water partition coefficient (Wildman–Crippen LogP) is 3.62. The number of pyridine rings is 4. The average Bonchev–Trinajstić information content (AvgIpc) is 3.99. The molecular formula is C44H38ClN8Pd+5. The third kappa shape index (κ3) is 6.74. The molecule has 266 valence electrons. The van der Waals surface area contributed by atoms with Gasteiger partial charge in [-0.2, -0.15) is 0 Å². The van der Waals surface area contributed by atoms with Crippen LogP contribution in [0.2, 0.25) is 0 Å². The maximum atomic E-state index is 5.38. The first kappa shape index (κ1) is 36.5. The summed E-state index contributed by atoms with van der Waals surface area (Å²) in [5.41, 5.74) is 15.9. The molecule has 0 aliphatic carbocycles. The first-order valence-electron chi connectivity index (χ1n) is 17.4. The van der Waals surface area contributed by atoms with Crippen molar-refractivity contribution in [2.24, 2.45) is 28.2 Å². The van der Waals surface area contributed by atoms with Gasteiger partial charge in [0.1, 0.15) is 28.2 Å². The van der Waals surface area contributed by atoms with Crippen molar-refractivity contribution < 1.29 is 51.1 Å². The van der Waals surface area contributed by atoms with E-state index >= 15 is 0 Å². The van der Waals surface area contributed by atoms with Gasteiger partial charge in [0.2, 0.25) is 0 Å². The molecule has 0 saturated heterocycles. The Bertz CT molecular complexity index is 2600. The fourth-order valence-electron chi connectivity index (χ4n) is 7.09. The van der Waals surface area contributed by atoms with Crippen molar-refractivity contribution in [2.75, 3.05) is 0 Å². The van der Waals surface area contributed by atoms with Gasteiger partial charge in [-0.1, -0.05) is 0 Å². The number of nitrogens with zero attached hydrogens (tertiary/aromatic N) is 6. The van der Waals surface area contributed by atoms with Crippen molar-refractivity contribution in [2.45, 2.75) is 0 Å². The smallest absolute Gasteiger partial charge is 1.00 e. The molecule has 0 atom stereocenters. The normalized spacial score (nSPS) is 11.6. The van der Waals surface area contributed by atoms with Crippen molar-refractivity contribution in [3.05, 3.63) is 145 Å². The second-order valence-electron chi connectivity index (χ2n) is 13.5. The Morgan fingerprint density at radius 1 is 0.352 bits per heavy atom. The summed E-state index contributed by atoms with van der Waals surface area (Å²) in [6, 6.07) is 25.9. The van der Waals surface area contributed by atoms with Crippen LogP contribution in [0.15, 0.2) is 122 Å². The standard InChI is InChI=1S/C44H37N8.ClH.Pd/c1-49-21-13-29(14-22-49)41-33-5-7-35(45-33)42(30-15-23-50(2)24-16-30)37-9-11-39(47-37)44(32-19-27-52(4)28-20-32)40-12-10-38(48-40)43(36-8-6-34(41)46-36)31-17-25-51(3)26-18-31;;/h5-28H,1-4H3,(H,45,46,47,48);1H;/q+3;;+2. The molecule has 2 N–H and O–H groups in total. The Labute approximate surface area is 333 Å². The predicted molar refractivity (Wildman–Crippen MR) is 205 cm³/mol. The minimum atomic E-state index is 0. The fourth-order valence-corrected chi connectivity index (χ4v) is 7.09. The Hall–Kier alpha value is -5.85. The van der Waals surface area contributed by atoms with Crippen LogP contribution in [0.4, 0.5) is 0 Å². The summed E-state index contributed by atoms with van der Waals surface area (Å²) < 4.78 is 8.20. The third-order valence-corrected chi connectivity index (χ3v) is 9.82. The van der Waals surface area contributed by atoms with Gasteiger partial charge in [-0.3, -0.25) is 0 Å². The van der Waals surface area contributed by atoms with E-state index in [1.807, 2.05) is 41.9 Å². The molecule has 8 nitrogen and oxygen atoms in total. The van der Waals surface area contributed by atoms with Gasteiger partial charge in [0.05, 0.1) is 22.8 Å². The Morgan fingerprint density at radius 3 is 0.907 bits per heavy atom. The van der Waals surface area contributed by atoms with E-state index in [1.54, 1.807) is 0 Å². The number of H-pyrrole nitrogens is 2. The second-order valence-corrected chi connectivity index (χ2v) is 13.5. The van der Waals surface area contributed by atoms with Crippen LogP contribution >= 0.6 is 0 Å². The van der Waals surface area contributed by atoms with Gasteiger partial charge in [-0.15, -0.1) is 0 Å². The molecule has 54 heavy (non-hydrogen) atoms. The van der Waals surface area contributed by atoms with Crippen LogP contribution in [0.3, 0.4) is 0 Å². The number of fused-ring (bicyclic) bond motifs is 8. The topological polar surface area (TPSA) is 72.9 Å². The number of aromatic amines is 2. The van der Waals surface area contributed by atoms with E-state index in [9.17, 15) is 0 Å². The van der Waals surface area contributed by atoms with E-state index in [2.05, 4.69) is 161 Å². The largest absolute Gasteiger partial charge is 2.00 e. The van der Waals surface area contributed by atoms with Crippen molar-refractivity contribution >= 4 is 46.4 Å². The van der Waals surface area contributed by atoms with Gasteiger partial charge in [0, 0.05) is 92.9 Å². The number of aromatic nitrogens is 8. The van der Waals surface area contributed by atoms with E-state index in [0.717, 1.165) is 89.4 Å². The summed E-state index contributed by atoms with van der Waals surface area (Å²) in [7, 11) is 8.14. The van der Waals surface area contributed by atoms with Gasteiger partial charge >= 0.3 is 20.4 Å². The van der Waals surface area contributed by atoms with Crippen molar-refractivity contribution in [3.8, 4) is 44.5 Å². The second kappa shape index (κ2) is 14.9. The molecule has 0 radical (unpaired) electrons. The molecule has 0 fully saturated rings. The molecule has 0 spiro atoms. The number of hydrogen-bond acceptors (Lipinski definition) is 2. The minimum Gasteiger partial charge on any atom is -1.00 e. The molecule has 7 aromatic heterocycles. The maximum absolute atomic E-state index is 5.38. The zero-order chi connectivity index (χ0) is 35.3. The van der Waals surface area contributed by atoms with Gasteiger partial charge in [-0.25, -0.2) is 28.2 Å². The van der Waals surface area contributed by atoms with Crippen molar-refractivity contribution in [3.63, 3.8) is 0 Å². The van der Waals surface area contributed by atoms with Gasteiger partial charge in [0.15, 0.2) is 49.6 Å².